The first-order valence-electron chi connectivity index (χ1n) is 9.34. The molecule has 0 saturated heterocycles. The monoisotopic (exact) mass is 408 g/mol. The molecule has 0 spiro atoms. The summed E-state index contributed by atoms with van der Waals surface area (Å²) >= 11 is 1.75. The minimum absolute atomic E-state index is 0.00968. The third kappa shape index (κ3) is 6.76. The number of nitrogens with two attached hydrogens (primary N) is 2. The quantitative estimate of drug-likeness (QED) is 0.284. The Hall–Kier alpha value is -3.13. The van der Waals surface area contributed by atoms with Crippen molar-refractivity contribution in [2.24, 2.45) is 16.5 Å². The SMILES string of the molecule is NC(N)=Nc1cc(CSCCc2nc(=O)c(CCc3ccccc3)c[nH]2)ccn1. The maximum atomic E-state index is 12.3. The number of aliphatic imine (C=N–C) groups is 1. The molecule has 1 aromatic carbocycles. The van der Waals surface area contributed by atoms with E-state index in [1.54, 1.807) is 24.2 Å². The van der Waals surface area contributed by atoms with E-state index in [9.17, 15) is 4.79 Å². The van der Waals surface area contributed by atoms with Gasteiger partial charge in [-0.15, -0.1) is 0 Å². The number of H-pyrrole nitrogens is 1. The van der Waals surface area contributed by atoms with Gasteiger partial charge in [0, 0.05) is 35.9 Å². The summed E-state index contributed by atoms with van der Waals surface area (Å²) in [6.45, 7) is 0. The fraction of sp³-hybridized carbons (Fsp3) is 0.238. The van der Waals surface area contributed by atoms with Crippen molar-refractivity contribution in [3.63, 3.8) is 0 Å². The minimum Gasteiger partial charge on any atom is -0.370 e. The van der Waals surface area contributed by atoms with Gasteiger partial charge in [0.15, 0.2) is 11.8 Å². The zero-order chi connectivity index (χ0) is 20.5. The van der Waals surface area contributed by atoms with Crippen molar-refractivity contribution in [1.29, 1.82) is 0 Å². The number of guanidine groups is 1. The zero-order valence-electron chi connectivity index (χ0n) is 16.0. The van der Waals surface area contributed by atoms with Crippen molar-refractivity contribution in [3.05, 3.63) is 87.7 Å². The van der Waals surface area contributed by atoms with Gasteiger partial charge in [-0.2, -0.15) is 21.7 Å². The summed E-state index contributed by atoms with van der Waals surface area (Å²) in [6.07, 6.45) is 5.69. The Labute approximate surface area is 173 Å². The van der Waals surface area contributed by atoms with Crippen molar-refractivity contribution in [1.82, 2.24) is 15.0 Å². The van der Waals surface area contributed by atoms with Crippen LogP contribution in [0.2, 0.25) is 0 Å². The van der Waals surface area contributed by atoms with Crippen LogP contribution in [0.5, 0.6) is 0 Å². The smallest absolute Gasteiger partial charge is 0.276 e. The van der Waals surface area contributed by atoms with Crippen LogP contribution in [-0.2, 0) is 25.0 Å². The van der Waals surface area contributed by atoms with E-state index in [4.69, 9.17) is 11.5 Å². The van der Waals surface area contributed by atoms with E-state index in [0.29, 0.717) is 30.0 Å². The molecule has 0 unspecified atom stereocenters. The van der Waals surface area contributed by atoms with E-state index in [1.807, 2.05) is 30.3 Å². The zero-order valence-corrected chi connectivity index (χ0v) is 16.9. The first-order chi connectivity index (χ1) is 14.1. The predicted octanol–water partition coefficient (Wildman–Crippen LogP) is 2.33. The first-order valence-corrected chi connectivity index (χ1v) is 10.5. The van der Waals surface area contributed by atoms with Crippen LogP contribution < -0.4 is 17.0 Å². The van der Waals surface area contributed by atoms with Crippen LogP contribution in [0.1, 0.15) is 22.5 Å². The second kappa shape index (κ2) is 10.4. The largest absolute Gasteiger partial charge is 0.370 e. The van der Waals surface area contributed by atoms with Crippen molar-refractivity contribution in [2.45, 2.75) is 25.0 Å². The summed E-state index contributed by atoms with van der Waals surface area (Å²) in [6, 6.07) is 13.9. The lowest BCUT2D eigenvalue weighted by atomic mass is 10.1. The Kier molecular flexibility index (Phi) is 7.40. The number of hydrogen-bond donors (Lipinski definition) is 3. The summed E-state index contributed by atoms with van der Waals surface area (Å²) < 4.78 is 0. The van der Waals surface area contributed by atoms with E-state index < -0.39 is 0 Å². The van der Waals surface area contributed by atoms with Gasteiger partial charge in [0.05, 0.1) is 0 Å². The van der Waals surface area contributed by atoms with Gasteiger partial charge in [-0.1, -0.05) is 30.3 Å². The number of nitrogens with zero attached hydrogens (tertiary/aromatic N) is 3. The van der Waals surface area contributed by atoms with Crippen molar-refractivity contribution in [2.75, 3.05) is 5.75 Å². The van der Waals surface area contributed by atoms with Crippen LogP contribution in [-0.4, -0.2) is 26.7 Å². The van der Waals surface area contributed by atoms with Crippen LogP contribution in [0.25, 0.3) is 0 Å². The Morgan fingerprint density at radius 2 is 1.90 bits per heavy atom. The second-order valence-corrected chi connectivity index (χ2v) is 7.63. The van der Waals surface area contributed by atoms with Crippen LogP contribution >= 0.6 is 11.8 Å². The topological polar surface area (TPSA) is 123 Å². The summed E-state index contributed by atoms with van der Waals surface area (Å²) in [5, 5.41) is 0. The summed E-state index contributed by atoms with van der Waals surface area (Å²) in [4.78, 5) is 27.7. The fourth-order valence-electron chi connectivity index (χ4n) is 2.79. The van der Waals surface area contributed by atoms with Crippen LogP contribution in [0.4, 0.5) is 5.82 Å². The summed E-state index contributed by atoms with van der Waals surface area (Å²) in [5.41, 5.74) is 13.6. The fourth-order valence-corrected chi connectivity index (χ4v) is 3.69. The number of rotatable bonds is 9. The number of pyridine rings is 1. The third-order valence-electron chi connectivity index (χ3n) is 4.26. The maximum Gasteiger partial charge on any atom is 0.276 e. The highest BCUT2D eigenvalue weighted by atomic mass is 32.2. The molecule has 2 aromatic heterocycles. The molecule has 2 heterocycles. The number of thioether (sulfide) groups is 1. The molecule has 0 amide bonds. The Morgan fingerprint density at radius 1 is 1.07 bits per heavy atom. The van der Waals surface area contributed by atoms with E-state index in [-0.39, 0.29) is 11.5 Å². The molecule has 0 radical (unpaired) electrons. The summed E-state index contributed by atoms with van der Waals surface area (Å²) in [5.74, 6) is 2.84. The van der Waals surface area contributed by atoms with Gasteiger partial charge in [-0.25, -0.2) is 4.98 Å². The first kappa shape index (κ1) is 20.6. The van der Waals surface area contributed by atoms with Crippen molar-refractivity contribution in [3.8, 4) is 0 Å². The van der Waals surface area contributed by atoms with Gasteiger partial charge < -0.3 is 16.5 Å². The number of aryl methyl sites for hydroxylation is 3. The maximum absolute atomic E-state index is 12.3. The predicted molar refractivity (Wildman–Crippen MR) is 118 cm³/mol. The summed E-state index contributed by atoms with van der Waals surface area (Å²) in [7, 11) is 0. The molecule has 150 valence electrons. The number of hydrogen-bond acceptors (Lipinski definition) is 5. The highest BCUT2D eigenvalue weighted by Gasteiger charge is 2.05. The Bertz CT molecular complexity index is 1010. The second-order valence-electron chi connectivity index (χ2n) is 6.52. The van der Waals surface area contributed by atoms with E-state index in [2.05, 4.69) is 32.1 Å². The molecule has 0 bridgehead atoms. The molecular weight excluding hydrogens is 384 g/mol. The average molecular weight is 409 g/mol. The number of aromatic nitrogens is 3. The Balaban J connectivity index is 1.47. The molecule has 8 heteroatoms. The van der Waals surface area contributed by atoms with Crippen LogP contribution in [0.3, 0.4) is 0 Å². The van der Waals surface area contributed by atoms with Gasteiger partial charge in [0.1, 0.15) is 5.82 Å². The van der Waals surface area contributed by atoms with Gasteiger partial charge in [0.25, 0.3) is 5.56 Å². The van der Waals surface area contributed by atoms with Crippen LogP contribution in [0.15, 0.2) is 64.6 Å². The molecular formula is C21H24N6OS. The molecule has 3 aromatic rings. The number of aromatic amines is 1. The normalized spacial score (nSPS) is 10.6. The van der Waals surface area contributed by atoms with Gasteiger partial charge in [-0.3, -0.25) is 4.79 Å². The highest BCUT2D eigenvalue weighted by Crippen LogP contribution is 2.16. The molecule has 29 heavy (non-hydrogen) atoms. The minimum atomic E-state index is -0.143. The molecule has 3 rings (SSSR count). The van der Waals surface area contributed by atoms with Crippen molar-refractivity contribution < 1.29 is 0 Å². The van der Waals surface area contributed by atoms with Crippen molar-refractivity contribution >= 4 is 23.5 Å². The van der Waals surface area contributed by atoms with Gasteiger partial charge in [-0.05, 0) is 36.1 Å². The molecule has 7 nitrogen and oxygen atoms in total. The van der Waals surface area contributed by atoms with Gasteiger partial charge in [0.2, 0.25) is 0 Å². The van der Waals surface area contributed by atoms with Gasteiger partial charge >= 0.3 is 0 Å². The molecule has 0 atom stereocenters. The third-order valence-corrected chi connectivity index (χ3v) is 5.29. The lowest BCUT2D eigenvalue weighted by Crippen LogP contribution is -2.22. The number of nitrogens with one attached hydrogen (secondary N) is 1. The molecule has 0 fully saturated rings. The molecule has 0 aliphatic carbocycles. The molecule has 0 aliphatic heterocycles. The number of benzene rings is 1. The average Bonchev–Trinajstić information content (AvgIpc) is 2.71. The van der Waals surface area contributed by atoms with Crippen LogP contribution in [0, 0.1) is 0 Å². The van der Waals surface area contributed by atoms with E-state index in [0.717, 1.165) is 23.5 Å². The lowest BCUT2D eigenvalue weighted by molar-refractivity contribution is 0.864. The Morgan fingerprint density at radius 3 is 2.66 bits per heavy atom. The van der Waals surface area contributed by atoms with E-state index in [1.165, 1.54) is 5.56 Å². The molecule has 5 N–H and O–H groups in total. The standard InChI is InChI=1S/C21H24N6OS/c22-21(23)27-19-12-16(8-10-24-19)14-29-11-9-18-25-13-17(20(28)26-18)7-6-15-4-2-1-3-5-15/h1-5,8,10,12-13H,6-7,9,11,14H2,(H,25,26,28)(H4,22,23,24,27). The highest BCUT2D eigenvalue weighted by molar-refractivity contribution is 7.98. The lowest BCUT2D eigenvalue weighted by Gasteiger charge is -2.05. The molecule has 0 saturated carbocycles. The van der Waals surface area contributed by atoms with E-state index >= 15 is 0 Å². The molecule has 0 aliphatic rings.